The molecule has 2 heterocycles. The fraction of sp³-hybridized carbons (Fsp3) is 0.600. The molecule has 2 aliphatic rings. The summed E-state index contributed by atoms with van der Waals surface area (Å²) in [4.78, 5) is 0. The van der Waals surface area contributed by atoms with E-state index in [0.717, 1.165) is 32.1 Å². The summed E-state index contributed by atoms with van der Waals surface area (Å²) in [6.07, 6.45) is 0. The first-order valence-corrected chi connectivity index (χ1v) is 6.61. The summed E-state index contributed by atoms with van der Waals surface area (Å²) >= 11 is 0. The zero-order valence-electron chi connectivity index (χ0n) is 11.4. The lowest BCUT2D eigenvalue weighted by Gasteiger charge is -2.52. The normalized spacial score (nSPS) is 22.2. The van der Waals surface area contributed by atoms with Crippen molar-refractivity contribution in [3.05, 3.63) is 28.8 Å². The van der Waals surface area contributed by atoms with Crippen LogP contribution in [0.2, 0.25) is 0 Å². The topological polar surface area (TPSA) is 30.5 Å². The molecule has 0 amide bonds. The summed E-state index contributed by atoms with van der Waals surface area (Å²) < 4.78 is 11.2. The lowest BCUT2D eigenvalue weighted by molar-refractivity contribution is -0.102. The van der Waals surface area contributed by atoms with Crippen LogP contribution < -0.4 is 10.1 Å². The number of methoxy groups -OCH3 is 1. The molecule has 1 N–H and O–H groups in total. The van der Waals surface area contributed by atoms with Gasteiger partial charge in [-0.3, -0.25) is 0 Å². The molecule has 3 nitrogen and oxygen atoms in total. The quantitative estimate of drug-likeness (QED) is 0.883. The van der Waals surface area contributed by atoms with Gasteiger partial charge in [0.05, 0.1) is 25.7 Å². The molecule has 3 heteroatoms. The zero-order valence-corrected chi connectivity index (χ0v) is 11.4. The van der Waals surface area contributed by atoms with Crippen LogP contribution in [-0.4, -0.2) is 33.4 Å². The maximum atomic E-state index is 5.63. The van der Waals surface area contributed by atoms with Gasteiger partial charge in [-0.15, -0.1) is 0 Å². The third kappa shape index (κ3) is 1.57. The van der Waals surface area contributed by atoms with Crippen LogP contribution >= 0.6 is 0 Å². The van der Waals surface area contributed by atoms with Crippen molar-refractivity contribution in [1.29, 1.82) is 0 Å². The number of hydrogen-bond acceptors (Lipinski definition) is 3. The number of rotatable bonds is 3. The number of nitrogens with one attached hydrogen (secondary N) is 1. The van der Waals surface area contributed by atoms with Gasteiger partial charge in [-0.2, -0.15) is 0 Å². The third-order valence-electron chi connectivity index (χ3n) is 4.44. The average Bonchev–Trinajstić information content (AvgIpc) is 2.20. The Bertz CT molecular complexity index is 462. The van der Waals surface area contributed by atoms with Crippen molar-refractivity contribution in [3.63, 3.8) is 0 Å². The van der Waals surface area contributed by atoms with E-state index in [1.807, 2.05) is 0 Å². The van der Waals surface area contributed by atoms with E-state index in [0.29, 0.717) is 5.92 Å². The SMILES string of the molecule is COc1cc(C)cc(C)c1C1(C2CNC2)COC1. The number of hydrogen-bond donors (Lipinski definition) is 1. The molecular weight excluding hydrogens is 226 g/mol. The molecular formula is C15H21NO2. The summed E-state index contributed by atoms with van der Waals surface area (Å²) in [6.45, 7) is 8.17. The first-order valence-electron chi connectivity index (χ1n) is 6.61. The molecule has 0 saturated carbocycles. The summed E-state index contributed by atoms with van der Waals surface area (Å²) in [5.74, 6) is 1.71. The van der Waals surface area contributed by atoms with E-state index >= 15 is 0 Å². The minimum absolute atomic E-state index is 0.175. The van der Waals surface area contributed by atoms with Crippen LogP contribution in [0.3, 0.4) is 0 Å². The van der Waals surface area contributed by atoms with Crippen molar-refractivity contribution in [2.24, 2.45) is 5.92 Å². The Morgan fingerprint density at radius 2 is 2.00 bits per heavy atom. The predicted octanol–water partition coefficient (Wildman–Crippen LogP) is 1.80. The largest absolute Gasteiger partial charge is 0.496 e. The lowest BCUT2D eigenvalue weighted by Crippen LogP contribution is -2.63. The molecule has 0 radical (unpaired) electrons. The number of benzene rings is 1. The minimum atomic E-state index is 0.175. The highest BCUT2D eigenvalue weighted by molar-refractivity contribution is 5.50. The van der Waals surface area contributed by atoms with Crippen LogP contribution in [0.5, 0.6) is 5.75 Å². The molecule has 1 aromatic rings. The first-order chi connectivity index (χ1) is 8.67. The smallest absolute Gasteiger partial charge is 0.123 e. The lowest BCUT2D eigenvalue weighted by atomic mass is 9.64. The molecule has 0 atom stereocenters. The van der Waals surface area contributed by atoms with Gasteiger partial charge in [0.25, 0.3) is 0 Å². The Labute approximate surface area is 108 Å². The molecule has 2 aliphatic heterocycles. The van der Waals surface area contributed by atoms with Crippen molar-refractivity contribution < 1.29 is 9.47 Å². The number of ether oxygens (including phenoxy) is 2. The molecule has 0 aliphatic carbocycles. The maximum Gasteiger partial charge on any atom is 0.123 e. The summed E-state index contributed by atoms with van der Waals surface area (Å²) in [5.41, 5.74) is 4.14. The maximum absolute atomic E-state index is 5.63. The van der Waals surface area contributed by atoms with Gasteiger partial charge in [-0.1, -0.05) is 6.07 Å². The molecule has 0 unspecified atom stereocenters. The standard InChI is InChI=1S/C15H21NO2/c1-10-4-11(2)14(13(5-10)17-3)15(8-18-9-15)12-6-16-7-12/h4-5,12,16H,6-9H2,1-3H3. The van der Waals surface area contributed by atoms with Gasteiger partial charge in [0.15, 0.2) is 0 Å². The van der Waals surface area contributed by atoms with Crippen LogP contribution in [0.25, 0.3) is 0 Å². The predicted molar refractivity (Wildman–Crippen MR) is 71.3 cm³/mol. The van der Waals surface area contributed by atoms with Gasteiger partial charge >= 0.3 is 0 Å². The van der Waals surface area contributed by atoms with Crippen molar-refractivity contribution in [3.8, 4) is 5.75 Å². The van der Waals surface area contributed by atoms with Gasteiger partial charge in [0, 0.05) is 18.7 Å². The van der Waals surface area contributed by atoms with Crippen LogP contribution in [0.4, 0.5) is 0 Å². The van der Waals surface area contributed by atoms with E-state index in [-0.39, 0.29) is 5.41 Å². The third-order valence-corrected chi connectivity index (χ3v) is 4.44. The highest BCUT2D eigenvalue weighted by Gasteiger charge is 2.51. The Balaban J connectivity index is 2.09. The highest BCUT2D eigenvalue weighted by atomic mass is 16.5. The van der Waals surface area contributed by atoms with Crippen LogP contribution in [0, 0.1) is 19.8 Å². The second-order valence-electron chi connectivity index (χ2n) is 5.66. The van der Waals surface area contributed by atoms with Gasteiger partial charge in [-0.05, 0) is 37.0 Å². The molecule has 2 saturated heterocycles. The van der Waals surface area contributed by atoms with Crippen LogP contribution in [-0.2, 0) is 10.2 Å². The molecule has 1 aromatic carbocycles. The Morgan fingerprint density at radius 3 is 2.44 bits per heavy atom. The molecule has 18 heavy (non-hydrogen) atoms. The van der Waals surface area contributed by atoms with E-state index in [2.05, 4.69) is 31.3 Å². The second kappa shape index (κ2) is 4.25. The molecule has 2 fully saturated rings. The van der Waals surface area contributed by atoms with Gasteiger partial charge in [0.1, 0.15) is 5.75 Å². The zero-order chi connectivity index (χ0) is 12.8. The van der Waals surface area contributed by atoms with E-state index in [1.54, 1.807) is 7.11 Å². The monoisotopic (exact) mass is 247 g/mol. The van der Waals surface area contributed by atoms with Crippen molar-refractivity contribution >= 4 is 0 Å². The fourth-order valence-electron chi connectivity index (χ4n) is 3.31. The molecule has 3 rings (SSSR count). The van der Waals surface area contributed by atoms with Crippen LogP contribution in [0.15, 0.2) is 12.1 Å². The molecule has 0 bridgehead atoms. The van der Waals surface area contributed by atoms with E-state index in [4.69, 9.17) is 9.47 Å². The van der Waals surface area contributed by atoms with Crippen LogP contribution in [0.1, 0.15) is 16.7 Å². The Kier molecular flexibility index (Phi) is 2.83. The summed E-state index contributed by atoms with van der Waals surface area (Å²) in [6, 6.07) is 4.40. The van der Waals surface area contributed by atoms with Gasteiger partial charge in [-0.25, -0.2) is 0 Å². The van der Waals surface area contributed by atoms with Crippen molar-refractivity contribution in [2.45, 2.75) is 19.3 Å². The van der Waals surface area contributed by atoms with E-state index in [9.17, 15) is 0 Å². The fourth-order valence-corrected chi connectivity index (χ4v) is 3.31. The second-order valence-corrected chi connectivity index (χ2v) is 5.66. The van der Waals surface area contributed by atoms with Gasteiger partial charge in [0.2, 0.25) is 0 Å². The Hall–Kier alpha value is -1.06. The first kappa shape index (κ1) is 12.0. The highest BCUT2D eigenvalue weighted by Crippen LogP contribution is 2.46. The molecule has 98 valence electrons. The summed E-state index contributed by atoms with van der Waals surface area (Å²) in [7, 11) is 1.77. The summed E-state index contributed by atoms with van der Waals surface area (Å²) in [5, 5.41) is 3.38. The van der Waals surface area contributed by atoms with E-state index in [1.165, 1.54) is 16.7 Å². The minimum Gasteiger partial charge on any atom is -0.496 e. The Morgan fingerprint density at radius 1 is 1.28 bits per heavy atom. The van der Waals surface area contributed by atoms with Crippen molar-refractivity contribution in [1.82, 2.24) is 5.32 Å². The molecule has 0 aromatic heterocycles. The van der Waals surface area contributed by atoms with E-state index < -0.39 is 0 Å². The van der Waals surface area contributed by atoms with Gasteiger partial charge < -0.3 is 14.8 Å². The average molecular weight is 247 g/mol. The molecule has 0 spiro atoms. The number of aryl methyl sites for hydroxylation is 2. The van der Waals surface area contributed by atoms with Crippen molar-refractivity contribution in [2.75, 3.05) is 33.4 Å².